The molecule has 0 aliphatic heterocycles. The number of halogens is 2. The summed E-state index contributed by atoms with van der Waals surface area (Å²) in [5.74, 6) is -3.68. The van der Waals surface area contributed by atoms with Crippen LogP contribution < -0.4 is 10.6 Å². The molecule has 0 radical (unpaired) electrons. The Balaban J connectivity index is 1.29. The van der Waals surface area contributed by atoms with Gasteiger partial charge in [0.25, 0.3) is 11.8 Å². The van der Waals surface area contributed by atoms with Crippen LogP contribution in [0.15, 0.2) is 48.7 Å². The zero-order valence-corrected chi connectivity index (χ0v) is 25.4. The summed E-state index contributed by atoms with van der Waals surface area (Å²) in [6.45, 7) is 7.11. The number of esters is 1. The molecule has 2 amide bonds. The Morgan fingerprint density at radius 1 is 1.00 bits per heavy atom. The highest BCUT2D eigenvalue weighted by molar-refractivity contribution is 6.00. The molecule has 45 heavy (non-hydrogen) atoms. The van der Waals surface area contributed by atoms with E-state index >= 15 is 0 Å². The highest BCUT2D eigenvalue weighted by Gasteiger charge is 2.29. The summed E-state index contributed by atoms with van der Waals surface area (Å²) < 4.78 is 33.4. The highest BCUT2D eigenvalue weighted by Crippen LogP contribution is 2.35. The Kier molecular flexibility index (Phi) is 8.76. The first-order valence-electron chi connectivity index (χ1n) is 14.6. The van der Waals surface area contributed by atoms with Gasteiger partial charge in [0.05, 0.1) is 18.7 Å². The van der Waals surface area contributed by atoms with E-state index in [-0.39, 0.29) is 48.2 Å². The molecule has 2 aromatic heterocycles. The molecule has 0 unspecified atom stereocenters. The molecule has 1 atom stereocenters. The molecule has 5 rings (SSSR count). The molecule has 0 fully saturated rings. The quantitative estimate of drug-likeness (QED) is 0.200. The molecule has 0 spiro atoms. The minimum Gasteiger partial charge on any atom is -0.460 e. The molecule has 2 heterocycles. The van der Waals surface area contributed by atoms with Gasteiger partial charge in [-0.15, -0.1) is 0 Å². The molecule has 234 valence electrons. The van der Waals surface area contributed by atoms with Crippen LogP contribution in [0.4, 0.5) is 8.78 Å². The van der Waals surface area contributed by atoms with E-state index in [1.165, 1.54) is 22.8 Å². The third-order valence-electron chi connectivity index (χ3n) is 7.54. The number of fused-ring (bicyclic) bond motifs is 2. The highest BCUT2D eigenvalue weighted by atomic mass is 19.2. The lowest BCUT2D eigenvalue weighted by atomic mass is 9.94. The van der Waals surface area contributed by atoms with Crippen molar-refractivity contribution in [1.29, 1.82) is 0 Å². The SMILES string of the molecule is Cc1c(C(=O)CCC(=O)OC(C)(C)C)ccc2c1CC[C@@H]2NC(=O)c1cc(C(=O)NCc2ccc(F)c(F)c2)nc2ccnn12. The van der Waals surface area contributed by atoms with E-state index in [4.69, 9.17) is 4.74 Å². The van der Waals surface area contributed by atoms with E-state index in [9.17, 15) is 28.0 Å². The summed E-state index contributed by atoms with van der Waals surface area (Å²) >= 11 is 0. The van der Waals surface area contributed by atoms with Crippen LogP contribution in [-0.2, 0) is 22.5 Å². The van der Waals surface area contributed by atoms with Gasteiger partial charge in [-0.05, 0) is 74.9 Å². The van der Waals surface area contributed by atoms with Crippen molar-refractivity contribution in [2.75, 3.05) is 0 Å². The predicted molar refractivity (Wildman–Crippen MR) is 160 cm³/mol. The number of carbonyl (C=O) groups is 4. The molecule has 4 aromatic rings. The maximum absolute atomic E-state index is 13.6. The minimum absolute atomic E-state index is 0.00998. The molecule has 1 aliphatic carbocycles. The van der Waals surface area contributed by atoms with Crippen molar-refractivity contribution in [1.82, 2.24) is 25.2 Å². The number of amides is 2. The molecule has 0 saturated carbocycles. The van der Waals surface area contributed by atoms with Gasteiger partial charge >= 0.3 is 5.97 Å². The van der Waals surface area contributed by atoms with Gasteiger partial charge in [-0.2, -0.15) is 5.10 Å². The number of benzene rings is 2. The molecule has 1 aliphatic rings. The minimum atomic E-state index is -1.02. The number of nitrogens with one attached hydrogen (secondary N) is 2. The number of carbonyl (C=O) groups excluding carboxylic acids is 4. The van der Waals surface area contributed by atoms with Crippen LogP contribution in [0.5, 0.6) is 0 Å². The third kappa shape index (κ3) is 7.05. The largest absolute Gasteiger partial charge is 0.460 e. The standard InChI is InChI=1S/C33H33F2N5O5/c1-18-20-8-10-25(22(20)7-6-21(18)28(41)11-12-30(42)45-33(2,3)4)39-32(44)27-16-26(38-29-13-14-37-40(27)29)31(43)36-17-19-5-9-23(34)24(35)15-19/h5-7,9,13-16,25H,8,10-12,17H2,1-4H3,(H,36,43)(H,39,44)/t25-/m0/s1. The first-order valence-corrected chi connectivity index (χ1v) is 14.6. The van der Waals surface area contributed by atoms with Gasteiger partial charge < -0.3 is 15.4 Å². The number of nitrogens with zero attached hydrogens (tertiary/aromatic N) is 3. The number of ether oxygens (including phenoxy) is 1. The van der Waals surface area contributed by atoms with Gasteiger partial charge in [0.15, 0.2) is 23.1 Å². The average molecular weight is 618 g/mol. The van der Waals surface area contributed by atoms with Crippen molar-refractivity contribution in [2.24, 2.45) is 0 Å². The number of rotatable bonds is 9. The van der Waals surface area contributed by atoms with Gasteiger partial charge in [-0.25, -0.2) is 18.3 Å². The fraction of sp³-hybridized carbons (Fsp3) is 0.333. The Morgan fingerprint density at radius 2 is 1.78 bits per heavy atom. The maximum Gasteiger partial charge on any atom is 0.306 e. The van der Waals surface area contributed by atoms with Crippen molar-refractivity contribution in [3.63, 3.8) is 0 Å². The van der Waals surface area contributed by atoms with Gasteiger partial charge in [0.2, 0.25) is 0 Å². The van der Waals surface area contributed by atoms with Gasteiger partial charge in [-0.1, -0.05) is 18.2 Å². The van der Waals surface area contributed by atoms with E-state index in [1.54, 1.807) is 32.9 Å². The molecule has 2 aromatic carbocycles. The van der Waals surface area contributed by atoms with Gasteiger partial charge in [0, 0.05) is 30.7 Å². The van der Waals surface area contributed by atoms with Crippen LogP contribution in [0.1, 0.15) is 99.7 Å². The smallest absolute Gasteiger partial charge is 0.306 e. The Hall–Kier alpha value is -5.00. The second kappa shape index (κ2) is 12.5. The van der Waals surface area contributed by atoms with Crippen molar-refractivity contribution >= 4 is 29.2 Å². The summed E-state index contributed by atoms with van der Waals surface area (Å²) in [6.07, 6.45) is 2.73. The zero-order valence-electron chi connectivity index (χ0n) is 25.4. The zero-order chi connectivity index (χ0) is 32.5. The van der Waals surface area contributed by atoms with Crippen LogP contribution in [0.2, 0.25) is 0 Å². The Labute approximate surface area is 258 Å². The summed E-state index contributed by atoms with van der Waals surface area (Å²) in [5, 5.41) is 9.81. The van der Waals surface area contributed by atoms with E-state index in [0.717, 1.165) is 28.8 Å². The summed E-state index contributed by atoms with van der Waals surface area (Å²) in [5.41, 5.74) is 3.26. The molecule has 12 heteroatoms. The van der Waals surface area contributed by atoms with Crippen molar-refractivity contribution < 1.29 is 32.7 Å². The first kappa shape index (κ1) is 31.4. The predicted octanol–water partition coefficient (Wildman–Crippen LogP) is 4.97. The topological polar surface area (TPSA) is 132 Å². The maximum atomic E-state index is 13.6. The molecule has 2 N–H and O–H groups in total. The number of ketones is 1. The molecular weight excluding hydrogens is 584 g/mol. The van der Waals surface area contributed by atoms with Crippen LogP contribution in [0.25, 0.3) is 5.65 Å². The normalized spacial score (nSPS) is 14.2. The molecular formula is C33H33F2N5O5. The second-order valence-corrected chi connectivity index (χ2v) is 11.9. The Bertz CT molecular complexity index is 1830. The fourth-order valence-corrected chi connectivity index (χ4v) is 5.42. The van der Waals surface area contributed by atoms with E-state index in [2.05, 4.69) is 20.7 Å². The van der Waals surface area contributed by atoms with Gasteiger partial charge in [-0.3, -0.25) is 19.2 Å². The van der Waals surface area contributed by atoms with Crippen molar-refractivity contribution in [2.45, 2.75) is 71.6 Å². The third-order valence-corrected chi connectivity index (χ3v) is 7.54. The number of hydrogen-bond acceptors (Lipinski definition) is 7. The lowest BCUT2D eigenvalue weighted by molar-refractivity contribution is -0.154. The Morgan fingerprint density at radius 3 is 2.51 bits per heavy atom. The fourth-order valence-electron chi connectivity index (χ4n) is 5.42. The van der Waals surface area contributed by atoms with E-state index < -0.39 is 35.0 Å². The van der Waals surface area contributed by atoms with Crippen molar-refractivity contribution in [3.8, 4) is 0 Å². The molecule has 0 bridgehead atoms. The average Bonchev–Trinajstić information content (AvgIpc) is 3.62. The summed E-state index contributed by atoms with van der Waals surface area (Å²) in [7, 11) is 0. The molecule has 0 saturated heterocycles. The van der Waals surface area contributed by atoms with Gasteiger partial charge in [0.1, 0.15) is 17.0 Å². The molecule has 10 nitrogen and oxygen atoms in total. The van der Waals surface area contributed by atoms with Crippen LogP contribution in [0, 0.1) is 18.6 Å². The lowest BCUT2D eigenvalue weighted by Crippen LogP contribution is -2.30. The summed E-state index contributed by atoms with van der Waals surface area (Å²) in [6, 6.07) is 9.41. The van der Waals surface area contributed by atoms with E-state index in [1.807, 2.05) is 13.0 Å². The lowest BCUT2D eigenvalue weighted by Gasteiger charge is -2.19. The second-order valence-electron chi connectivity index (χ2n) is 11.9. The number of hydrogen-bond donors (Lipinski definition) is 2. The van der Waals surface area contributed by atoms with Crippen LogP contribution in [0.3, 0.4) is 0 Å². The van der Waals surface area contributed by atoms with E-state index in [0.29, 0.717) is 24.0 Å². The monoisotopic (exact) mass is 617 g/mol. The summed E-state index contributed by atoms with van der Waals surface area (Å²) in [4.78, 5) is 55.8. The number of aromatic nitrogens is 3. The first-order chi connectivity index (χ1) is 21.3. The number of Topliss-reactive ketones (excluding diaryl/α,β-unsaturated/α-hetero) is 1. The van der Waals surface area contributed by atoms with Crippen LogP contribution >= 0.6 is 0 Å². The van der Waals surface area contributed by atoms with Crippen molar-refractivity contribution in [3.05, 3.63) is 99.5 Å². The van der Waals surface area contributed by atoms with Crippen LogP contribution in [-0.4, -0.2) is 43.8 Å².